The van der Waals surface area contributed by atoms with E-state index in [0.29, 0.717) is 6.07 Å². The first-order valence-corrected chi connectivity index (χ1v) is 6.09. The number of para-hydroxylation sites is 1. The van der Waals surface area contributed by atoms with Gasteiger partial charge < -0.3 is 9.47 Å². The highest BCUT2D eigenvalue weighted by Crippen LogP contribution is 2.39. The predicted molar refractivity (Wildman–Crippen MR) is 67.9 cm³/mol. The van der Waals surface area contributed by atoms with Crippen LogP contribution in [0.3, 0.4) is 0 Å². The fourth-order valence-corrected chi connectivity index (χ4v) is 1.86. The molecule has 0 radical (unpaired) electrons. The molecule has 0 saturated carbocycles. The summed E-state index contributed by atoms with van der Waals surface area (Å²) in [6.07, 6.45) is -9.64. The summed E-state index contributed by atoms with van der Waals surface area (Å²) in [6, 6.07) is 6.65. The van der Waals surface area contributed by atoms with E-state index >= 15 is 0 Å². The fourth-order valence-electron chi connectivity index (χ4n) is 1.86. The van der Waals surface area contributed by atoms with Gasteiger partial charge in [-0.25, -0.2) is 4.98 Å². The number of alkyl halides is 6. The lowest BCUT2D eigenvalue weighted by Gasteiger charge is -2.15. The highest BCUT2D eigenvalue weighted by molar-refractivity contribution is 5.74. The Bertz CT molecular complexity index is 696. The zero-order chi connectivity index (χ0) is 17.3. The lowest BCUT2D eigenvalue weighted by Crippen LogP contribution is -2.17. The van der Waals surface area contributed by atoms with Crippen molar-refractivity contribution >= 4 is 0 Å². The number of halogens is 6. The molecule has 2 rings (SSSR count). The van der Waals surface area contributed by atoms with E-state index in [1.807, 2.05) is 0 Å². The molecule has 0 unspecified atom stereocenters. The van der Waals surface area contributed by atoms with Gasteiger partial charge >= 0.3 is 12.5 Å². The second-order valence-electron chi connectivity index (χ2n) is 4.30. The Kier molecular flexibility index (Phi) is 4.39. The Labute approximate surface area is 126 Å². The second kappa shape index (κ2) is 5.98. The van der Waals surface area contributed by atoms with Gasteiger partial charge in [0.2, 0.25) is 5.88 Å². The molecule has 23 heavy (non-hydrogen) atoms. The monoisotopic (exact) mass is 337 g/mol. The van der Waals surface area contributed by atoms with Crippen molar-refractivity contribution in [3.8, 4) is 22.8 Å². The van der Waals surface area contributed by atoms with Gasteiger partial charge in [-0.1, -0.05) is 18.2 Å². The molecule has 0 fully saturated rings. The fraction of sp³-hybridized carbons (Fsp3) is 0.214. The van der Waals surface area contributed by atoms with E-state index in [9.17, 15) is 26.3 Å². The minimum absolute atomic E-state index is 0.0552. The van der Waals surface area contributed by atoms with Crippen LogP contribution in [0.2, 0.25) is 0 Å². The Morgan fingerprint density at radius 2 is 1.52 bits per heavy atom. The second-order valence-corrected chi connectivity index (χ2v) is 4.30. The summed E-state index contributed by atoms with van der Waals surface area (Å²) >= 11 is 0. The molecule has 0 aliphatic carbocycles. The summed E-state index contributed by atoms with van der Waals surface area (Å²) in [5, 5.41) is 0. The molecule has 0 atom stereocenters. The van der Waals surface area contributed by atoms with Crippen molar-refractivity contribution in [2.75, 3.05) is 7.11 Å². The average Bonchev–Trinajstić information content (AvgIpc) is 2.44. The first kappa shape index (κ1) is 16.9. The molecule has 0 bridgehead atoms. The van der Waals surface area contributed by atoms with Crippen molar-refractivity contribution in [1.82, 2.24) is 4.98 Å². The molecule has 1 aromatic heterocycles. The molecule has 124 valence electrons. The van der Waals surface area contributed by atoms with Gasteiger partial charge in [0.1, 0.15) is 11.4 Å². The molecule has 3 nitrogen and oxygen atoms in total. The summed E-state index contributed by atoms with van der Waals surface area (Å²) in [5.41, 5.74) is -1.37. The Morgan fingerprint density at radius 3 is 2.09 bits per heavy atom. The maximum Gasteiger partial charge on any atom is 0.573 e. The summed E-state index contributed by atoms with van der Waals surface area (Å²) < 4.78 is 83.9. The third-order valence-electron chi connectivity index (χ3n) is 2.75. The van der Waals surface area contributed by atoms with Crippen LogP contribution in [0.15, 0.2) is 36.4 Å². The van der Waals surface area contributed by atoms with E-state index in [1.54, 1.807) is 0 Å². The third-order valence-corrected chi connectivity index (χ3v) is 2.75. The predicted octanol–water partition coefficient (Wildman–Crippen LogP) is 4.67. The summed E-state index contributed by atoms with van der Waals surface area (Å²) in [7, 11) is 1.07. The van der Waals surface area contributed by atoms with Crippen LogP contribution in [-0.2, 0) is 6.18 Å². The zero-order valence-corrected chi connectivity index (χ0v) is 11.5. The number of ether oxygens (including phenoxy) is 2. The van der Waals surface area contributed by atoms with Gasteiger partial charge in [-0.15, -0.1) is 13.2 Å². The number of hydrogen-bond acceptors (Lipinski definition) is 3. The SMILES string of the molecule is COc1nc(C(F)(F)F)ccc1-c1ccccc1OC(F)(F)F. The topological polar surface area (TPSA) is 31.4 Å². The van der Waals surface area contributed by atoms with Crippen LogP contribution < -0.4 is 9.47 Å². The lowest BCUT2D eigenvalue weighted by atomic mass is 10.1. The normalized spacial score (nSPS) is 12.1. The number of aromatic nitrogens is 1. The molecule has 0 aliphatic heterocycles. The van der Waals surface area contributed by atoms with Crippen LogP contribution in [-0.4, -0.2) is 18.5 Å². The maximum atomic E-state index is 12.6. The van der Waals surface area contributed by atoms with Gasteiger partial charge in [-0.3, -0.25) is 0 Å². The van der Waals surface area contributed by atoms with E-state index < -0.39 is 29.9 Å². The van der Waals surface area contributed by atoms with E-state index in [-0.39, 0.29) is 11.1 Å². The van der Waals surface area contributed by atoms with Crippen LogP contribution in [0.4, 0.5) is 26.3 Å². The van der Waals surface area contributed by atoms with Crippen molar-refractivity contribution in [3.63, 3.8) is 0 Å². The van der Waals surface area contributed by atoms with Crippen LogP contribution >= 0.6 is 0 Å². The number of methoxy groups -OCH3 is 1. The first-order chi connectivity index (χ1) is 10.6. The van der Waals surface area contributed by atoms with Gasteiger partial charge in [-0.05, 0) is 18.2 Å². The number of benzene rings is 1. The molecule has 2 aromatic rings. The highest BCUT2D eigenvalue weighted by atomic mass is 19.4. The quantitative estimate of drug-likeness (QED) is 0.763. The summed E-state index contributed by atoms with van der Waals surface area (Å²) in [5.74, 6) is -1.03. The van der Waals surface area contributed by atoms with E-state index in [4.69, 9.17) is 4.74 Å². The molecule has 0 aliphatic rings. The van der Waals surface area contributed by atoms with Crippen LogP contribution in [0.5, 0.6) is 11.6 Å². The van der Waals surface area contributed by atoms with E-state index in [1.165, 1.54) is 18.2 Å². The molecule has 0 saturated heterocycles. The van der Waals surface area contributed by atoms with Gasteiger partial charge in [0.25, 0.3) is 0 Å². The van der Waals surface area contributed by atoms with Crippen molar-refractivity contribution < 1.29 is 35.8 Å². The average molecular weight is 337 g/mol. The van der Waals surface area contributed by atoms with Gasteiger partial charge in [0.05, 0.1) is 7.11 Å². The molecule has 1 aromatic carbocycles. The van der Waals surface area contributed by atoms with Crippen LogP contribution in [0.1, 0.15) is 5.69 Å². The number of nitrogens with zero attached hydrogens (tertiary/aromatic N) is 1. The van der Waals surface area contributed by atoms with Gasteiger partial charge in [0.15, 0.2) is 0 Å². The van der Waals surface area contributed by atoms with E-state index in [0.717, 1.165) is 19.2 Å². The molecular formula is C14H9F6NO2. The standard InChI is InChI=1S/C14H9F6NO2/c1-22-12-9(6-7-11(21-12)13(15,16)17)8-4-2-3-5-10(8)23-14(18,19)20/h2-7H,1H3. The summed E-state index contributed by atoms with van der Waals surface area (Å²) in [4.78, 5) is 3.29. The largest absolute Gasteiger partial charge is 0.573 e. The highest BCUT2D eigenvalue weighted by Gasteiger charge is 2.35. The smallest absolute Gasteiger partial charge is 0.481 e. The number of pyridine rings is 1. The minimum atomic E-state index is -4.94. The molecule has 9 heteroatoms. The summed E-state index contributed by atoms with van der Waals surface area (Å²) in [6.45, 7) is 0. The molecule has 0 N–H and O–H groups in total. The van der Waals surface area contributed by atoms with E-state index in [2.05, 4.69) is 9.72 Å². The van der Waals surface area contributed by atoms with Crippen molar-refractivity contribution in [1.29, 1.82) is 0 Å². The van der Waals surface area contributed by atoms with Crippen molar-refractivity contribution in [2.45, 2.75) is 12.5 Å². The van der Waals surface area contributed by atoms with Crippen LogP contribution in [0.25, 0.3) is 11.1 Å². The minimum Gasteiger partial charge on any atom is -0.481 e. The Hall–Kier alpha value is -2.45. The Morgan fingerprint density at radius 1 is 0.870 bits per heavy atom. The third kappa shape index (κ3) is 4.05. The maximum absolute atomic E-state index is 12.6. The number of rotatable bonds is 3. The number of hydrogen-bond donors (Lipinski definition) is 0. The van der Waals surface area contributed by atoms with Crippen molar-refractivity contribution in [2.24, 2.45) is 0 Å². The lowest BCUT2D eigenvalue weighted by molar-refractivity contribution is -0.274. The Balaban J connectivity index is 2.55. The first-order valence-electron chi connectivity index (χ1n) is 6.09. The molecule has 1 heterocycles. The molecule has 0 spiro atoms. The van der Waals surface area contributed by atoms with Gasteiger partial charge in [-0.2, -0.15) is 13.2 Å². The molecule has 0 amide bonds. The molecular weight excluding hydrogens is 328 g/mol. The zero-order valence-electron chi connectivity index (χ0n) is 11.5. The van der Waals surface area contributed by atoms with Gasteiger partial charge in [0, 0.05) is 11.1 Å². The van der Waals surface area contributed by atoms with Crippen molar-refractivity contribution in [3.05, 3.63) is 42.1 Å². The van der Waals surface area contributed by atoms with Crippen LogP contribution in [0, 0.1) is 0 Å².